The Morgan fingerprint density at radius 2 is 2.22 bits per heavy atom. The SMILES string of the molecule is Clc1cccc(NCc2nc3cnccc3s2)c1. The second-order valence-electron chi connectivity index (χ2n) is 3.81. The van der Waals surface area contributed by atoms with Gasteiger partial charge in [0.2, 0.25) is 0 Å². The molecule has 1 N–H and O–H groups in total. The highest BCUT2D eigenvalue weighted by molar-refractivity contribution is 7.18. The smallest absolute Gasteiger partial charge is 0.113 e. The highest BCUT2D eigenvalue weighted by Gasteiger charge is 2.03. The van der Waals surface area contributed by atoms with Gasteiger partial charge in [0, 0.05) is 16.9 Å². The maximum absolute atomic E-state index is 5.93. The fraction of sp³-hybridized carbons (Fsp3) is 0.0769. The Hall–Kier alpha value is -1.65. The normalized spacial score (nSPS) is 10.7. The van der Waals surface area contributed by atoms with Gasteiger partial charge in [-0.15, -0.1) is 11.3 Å². The van der Waals surface area contributed by atoms with Crippen molar-refractivity contribution >= 4 is 38.8 Å². The van der Waals surface area contributed by atoms with Gasteiger partial charge in [-0.25, -0.2) is 4.98 Å². The minimum absolute atomic E-state index is 0.694. The van der Waals surface area contributed by atoms with Crippen molar-refractivity contribution in [3.05, 3.63) is 52.8 Å². The average molecular weight is 276 g/mol. The number of nitrogens with zero attached hydrogens (tertiary/aromatic N) is 2. The Morgan fingerprint density at radius 3 is 3.06 bits per heavy atom. The van der Waals surface area contributed by atoms with Gasteiger partial charge in [0.25, 0.3) is 0 Å². The van der Waals surface area contributed by atoms with Crippen LogP contribution in [0.1, 0.15) is 5.01 Å². The number of halogens is 1. The van der Waals surface area contributed by atoms with Crippen molar-refractivity contribution in [3.8, 4) is 0 Å². The molecule has 0 aliphatic carbocycles. The first-order chi connectivity index (χ1) is 8.81. The second-order valence-corrected chi connectivity index (χ2v) is 5.37. The highest BCUT2D eigenvalue weighted by atomic mass is 35.5. The number of hydrogen-bond donors (Lipinski definition) is 1. The number of fused-ring (bicyclic) bond motifs is 1. The topological polar surface area (TPSA) is 37.8 Å². The van der Waals surface area contributed by atoms with Crippen molar-refractivity contribution in [1.82, 2.24) is 9.97 Å². The van der Waals surface area contributed by atoms with Gasteiger partial charge < -0.3 is 5.32 Å². The van der Waals surface area contributed by atoms with Crippen LogP contribution >= 0.6 is 22.9 Å². The number of pyridine rings is 1. The summed E-state index contributed by atoms with van der Waals surface area (Å²) in [4.78, 5) is 8.57. The van der Waals surface area contributed by atoms with Gasteiger partial charge in [0.1, 0.15) is 5.01 Å². The van der Waals surface area contributed by atoms with Crippen molar-refractivity contribution in [2.45, 2.75) is 6.54 Å². The summed E-state index contributed by atoms with van der Waals surface area (Å²) in [6, 6.07) is 9.65. The van der Waals surface area contributed by atoms with E-state index in [1.54, 1.807) is 23.7 Å². The van der Waals surface area contributed by atoms with Crippen LogP contribution in [0.15, 0.2) is 42.7 Å². The lowest BCUT2D eigenvalue weighted by molar-refractivity contribution is 1.12. The van der Waals surface area contributed by atoms with Crippen molar-refractivity contribution in [2.24, 2.45) is 0 Å². The summed E-state index contributed by atoms with van der Waals surface area (Å²) < 4.78 is 1.16. The predicted molar refractivity (Wildman–Crippen MR) is 76.2 cm³/mol. The number of rotatable bonds is 3. The molecule has 0 atom stereocenters. The summed E-state index contributed by atoms with van der Waals surface area (Å²) in [7, 11) is 0. The number of benzene rings is 1. The lowest BCUT2D eigenvalue weighted by atomic mass is 10.3. The second kappa shape index (κ2) is 4.92. The molecule has 0 spiro atoms. The fourth-order valence-electron chi connectivity index (χ4n) is 1.68. The monoisotopic (exact) mass is 275 g/mol. The summed E-state index contributed by atoms with van der Waals surface area (Å²) >= 11 is 7.60. The molecular formula is C13H10ClN3S. The Balaban J connectivity index is 1.76. The number of hydrogen-bond acceptors (Lipinski definition) is 4. The summed E-state index contributed by atoms with van der Waals surface area (Å²) in [5.41, 5.74) is 1.95. The largest absolute Gasteiger partial charge is 0.378 e. The Kier molecular flexibility index (Phi) is 3.13. The summed E-state index contributed by atoms with van der Waals surface area (Å²) in [6.07, 6.45) is 3.57. The first-order valence-corrected chi connectivity index (χ1v) is 6.69. The van der Waals surface area contributed by atoms with Crippen molar-refractivity contribution in [1.29, 1.82) is 0 Å². The van der Waals surface area contributed by atoms with E-state index < -0.39 is 0 Å². The summed E-state index contributed by atoms with van der Waals surface area (Å²) in [5, 5.41) is 5.08. The molecule has 0 fully saturated rings. The molecule has 0 radical (unpaired) electrons. The van der Waals surface area contributed by atoms with Crippen LogP contribution < -0.4 is 5.32 Å². The highest BCUT2D eigenvalue weighted by Crippen LogP contribution is 2.22. The molecule has 3 nitrogen and oxygen atoms in total. The Labute approximate surface area is 113 Å². The third kappa shape index (κ3) is 2.44. The van der Waals surface area contributed by atoms with E-state index in [2.05, 4.69) is 15.3 Å². The van der Waals surface area contributed by atoms with Crippen LogP contribution in [-0.4, -0.2) is 9.97 Å². The first-order valence-electron chi connectivity index (χ1n) is 5.50. The van der Waals surface area contributed by atoms with Crippen LogP contribution in [0.3, 0.4) is 0 Å². The van der Waals surface area contributed by atoms with E-state index in [0.29, 0.717) is 6.54 Å². The maximum Gasteiger partial charge on any atom is 0.113 e. The molecule has 1 aromatic carbocycles. The van der Waals surface area contributed by atoms with Gasteiger partial charge in [0.15, 0.2) is 0 Å². The number of nitrogens with one attached hydrogen (secondary N) is 1. The van der Waals surface area contributed by atoms with Crippen LogP contribution in [0, 0.1) is 0 Å². The van der Waals surface area contributed by atoms with Crippen molar-refractivity contribution in [2.75, 3.05) is 5.32 Å². The summed E-state index contributed by atoms with van der Waals surface area (Å²) in [5.74, 6) is 0. The van der Waals surface area contributed by atoms with Crippen LogP contribution in [0.2, 0.25) is 5.02 Å². The molecule has 0 bridgehead atoms. The zero-order valence-electron chi connectivity index (χ0n) is 9.43. The number of aromatic nitrogens is 2. The number of anilines is 1. The van der Waals surface area contributed by atoms with Gasteiger partial charge in [-0.05, 0) is 24.3 Å². The third-order valence-electron chi connectivity index (χ3n) is 2.50. The summed E-state index contributed by atoms with van der Waals surface area (Å²) in [6.45, 7) is 0.694. The zero-order valence-corrected chi connectivity index (χ0v) is 11.0. The fourth-order valence-corrected chi connectivity index (χ4v) is 2.74. The molecule has 0 unspecified atom stereocenters. The van der Waals surface area contributed by atoms with E-state index in [1.807, 2.05) is 30.3 Å². The molecule has 2 heterocycles. The van der Waals surface area contributed by atoms with E-state index in [1.165, 1.54) is 0 Å². The average Bonchev–Trinajstić information content (AvgIpc) is 2.79. The minimum Gasteiger partial charge on any atom is -0.378 e. The van der Waals surface area contributed by atoms with Gasteiger partial charge in [-0.1, -0.05) is 17.7 Å². The van der Waals surface area contributed by atoms with Crippen LogP contribution in [0.4, 0.5) is 5.69 Å². The van der Waals surface area contributed by atoms with E-state index in [4.69, 9.17) is 11.6 Å². The van der Waals surface area contributed by atoms with Crippen LogP contribution in [-0.2, 0) is 6.54 Å². The predicted octanol–water partition coefficient (Wildman–Crippen LogP) is 3.96. The molecule has 2 aromatic heterocycles. The van der Waals surface area contributed by atoms with E-state index in [9.17, 15) is 0 Å². The molecule has 0 saturated carbocycles. The van der Waals surface area contributed by atoms with E-state index >= 15 is 0 Å². The maximum atomic E-state index is 5.93. The van der Waals surface area contributed by atoms with Gasteiger partial charge in [-0.3, -0.25) is 4.98 Å². The molecule has 0 aliphatic heterocycles. The molecule has 90 valence electrons. The molecule has 0 amide bonds. The van der Waals surface area contributed by atoms with E-state index in [0.717, 1.165) is 25.9 Å². The number of thiazole rings is 1. The molecular weight excluding hydrogens is 266 g/mol. The molecule has 5 heteroatoms. The van der Waals surface area contributed by atoms with Gasteiger partial charge >= 0.3 is 0 Å². The van der Waals surface area contributed by atoms with Crippen molar-refractivity contribution < 1.29 is 0 Å². The molecule has 18 heavy (non-hydrogen) atoms. The molecule has 3 rings (SSSR count). The third-order valence-corrected chi connectivity index (χ3v) is 3.77. The Morgan fingerprint density at radius 1 is 1.28 bits per heavy atom. The molecule has 3 aromatic rings. The van der Waals surface area contributed by atoms with Crippen LogP contribution in [0.25, 0.3) is 10.2 Å². The zero-order chi connectivity index (χ0) is 12.4. The van der Waals surface area contributed by atoms with E-state index in [-0.39, 0.29) is 0 Å². The lowest BCUT2D eigenvalue weighted by Gasteiger charge is -2.03. The van der Waals surface area contributed by atoms with Crippen molar-refractivity contribution in [3.63, 3.8) is 0 Å². The molecule has 0 aliphatic rings. The first kappa shape index (κ1) is 11.4. The van der Waals surface area contributed by atoms with Gasteiger partial charge in [-0.2, -0.15) is 0 Å². The van der Waals surface area contributed by atoms with Crippen LogP contribution in [0.5, 0.6) is 0 Å². The minimum atomic E-state index is 0.694. The molecule has 0 saturated heterocycles. The lowest BCUT2D eigenvalue weighted by Crippen LogP contribution is -1.98. The Bertz CT molecular complexity index is 648. The van der Waals surface area contributed by atoms with Gasteiger partial charge in [0.05, 0.1) is 23.0 Å². The quantitative estimate of drug-likeness (QED) is 0.786. The standard InChI is InChI=1S/C13H10ClN3S/c14-9-2-1-3-10(6-9)16-8-13-17-11-7-15-5-4-12(11)18-13/h1-7,16H,8H2.